The second-order valence-electron chi connectivity index (χ2n) is 7.01. The van der Waals surface area contributed by atoms with Crippen molar-refractivity contribution in [3.05, 3.63) is 71.3 Å². The summed E-state index contributed by atoms with van der Waals surface area (Å²) in [5.41, 5.74) is 5.50. The molecule has 0 saturated carbocycles. The van der Waals surface area contributed by atoms with E-state index in [1.165, 1.54) is 29.2 Å². The minimum atomic E-state index is -1.06. The van der Waals surface area contributed by atoms with Crippen molar-refractivity contribution in [3.63, 3.8) is 0 Å². The number of carbonyl (C=O) groups excluding carboxylic acids is 2. The molecule has 0 radical (unpaired) electrons. The molecule has 1 aliphatic heterocycles. The first-order valence-electron chi connectivity index (χ1n) is 9.10. The number of halogens is 2. The molecule has 28 heavy (non-hydrogen) atoms. The highest BCUT2D eigenvalue weighted by molar-refractivity contribution is 5.74. The maximum absolute atomic E-state index is 13.5. The molecule has 0 aromatic heterocycles. The minimum Gasteiger partial charge on any atom is -0.438 e. The van der Waals surface area contributed by atoms with Gasteiger partial charge in [0, 0.05) is 25.8 Å². The van der Waals surface area contributed by atoms with Gasteiger partial charge < -0.3 is 15.4 Å². The summed E-state index contributed by atoms with van der Waals surface area (Å²) in [6.45, 7) is 2.14. The first-order chi connectivity index (χ1) is 13.3. The fourth-order valence-corrected chi connectivity index (χ4v) is 3.57. The van der Waals surface area contributed by atoms with E-state index in [1.807, 2.05) is 0 Å². The number of hydrogen-bond acceptors (Lipinski definition) is 3. The van der Waals surface area contributed by atoms with Crippen LogP contribution < -0.4 is 5.73 Å². The molecule has 0 unspecified atom stereocenters. The van der Waals surface area contributed by atoms with Crippen LogP contribution >= 0.6 is 0 Å². The molecule has 3 rings (SSSR count). The summed E-state index contributed by atoms with van der Waals surface area (Å²) < 4.78 is 32.7. The van der Waals surface area contributed by atoms with Gasteiger partial charge in [0.15, 0.2) is 0 Å². The molecule has 7 heteroatoms. The number of carbonyl (C=O) groups is 2. The Bertz CT molecular complexity index is 872. The Morgan fingerprint density at radius 2 is 1.93 bits per heavy atom. The minimum absolute atomic E-state index is 0.0319. The van der Waals surface area contributed by atoms with Gasteiger partial charge in [0.05, 0.1) is 6.04 Å². The second-order valence-corrected chi connectivity index (χ2v) is 7.01. The van der Waals surface area contributed by atoms with Crippen LogP contribution in [0.5, 0.6) is 0 Å². The number of hydrogen-bond donors (Lipinski definition) is 1. The van der Waals surface area contributed by atoms with E-state index in [9.17, 15) is 18.4 Å². The van der Waals surface area contributed by atoms with Crippen molar-refractivity contribution in [2.45, 2.75) is 37.8 Å². The molecule has 1 fully saturated rings. The third kappa shape index (κ3) is 4.13. The smallest absolute Gasteiger partial charge is 0.411 e. The molecule has 0 aliphatic carbocycles. The summed E-state index contributed by atoms with van der Waals surface area (Å²) in [5, 5.41) is 0. The maximum Gasteiger partial charge on any atom is 0.411 e. The Hall–Kier alpha value is -2.96. The van der Waals surface area contributed by atoms with Crippen molar-refractivity contribution in [1.82, 2.24) is 4.90 Å². The van der Waals surface area contributed by atoms with Crippen molar-refractivity contribution in [2.24, 2.45) is 5.73 Å². The Morgan fingerprint density at radius 3 is 2.54 bits per heavy atom. The lowest BCUT2D eigenvalue weighted by molar-refractivity contribution is -0.121. The van der Waals surface area contributed by atoms with Gasteiger partial charge in [-0.15, -0.1) is 0 Å². The molecule has 148 valence electrons. The van der Waals surface area contributed by atoms with Crippen LogP contribution in [0.15, 0.2) is 48.5 Å². The lowest BCUT2D eigenvalue weighted by Gasteiger charge is -2.43. The van der Waals surface area contributed by atoms with Crippen LogP contribution in [0.2, 0.25) is 0 Å². The number of nitrogens with two attached hydrogens (primary N) is 1. The van der Waals surface area contributed by atoms with Crippen LogP contribution in [0.25, 0.3) is 0 Å². The summed E-state index contributed by atoms with van der Waals surface area (Å²) in [4.78, 5) is 25.6. The van der Waals surface area contributed by atoms with Gasteiger partial charge in [-0.25, -0.2) is 13.6 Å². The highest BCUT2D eigenvalue weighted by atomic mass is 19.1. The number of nitrogens with zero attached hydrogens (tertiary/aromatic N) is 1. The number of ether oxygens (including phenoxy) is 1. The van der Waals surface area contributed by atoms with Crippen molar-refractivity contribution >= 4 is 12.0 Å². The van der Waals surface area contributed by atoms with Crippen LogP contribution in [0, 0.1) is 11.6 Å². The molecule has 2 N–H and O–H groups in total. The second kappa shape index (κ2) is 7.96. The fourth-order valence-electron chi connectivity index (χ4n) is 3.57. The van der Waals surface area contributed by atoms with E-state index >= 15 is 0 Å². The average molecular weight is 388 g/mol. The number of cyclic esters (lactones) is 1. The largest absolute Gasteiger partial charge is 0.438 e. The zero-order chi connectivity index (χ0) is 20.3. The number of rotatable bonds is 6. The number of primary amides is 1. The molecular weight excluding hydrogens is 366 g/mol. The predicted octanol–water partition coefficient (Wildman–Crippen LogP) is 4.03. The van der Waals surface area contributed by atoms with Crippen molar-refractivity contribution in [1.29, 1.82) is 0 Å². The first kappa shape index (κ1) is 19.8. The Morgan fingerprint density at radius 1 is 1.21 bits per heavy atom. The molecule has 1 heterocycles. The topological polar surface area (TPSA) is 72.6 Å². The van der Waals surface area contributed by atoms with Gasteiger partial charge in [0.25, 0.3) is 0 Å². The van der Waals surface area contributed by atoms with E-state index < -0.39 is 23.4 Å². The average Bonchev–Trinajstić information content (AvgIpc) is 2.66. The molecule has 2 aromatic rings. The van der Waals surface area contributed by atoms with Gasteiger partial charge in [-0.1, -0.05) is 24.3 Å². The lowest BCUT2D eigenvalue weighted by Crippen LogP contribution is -2.49. The molecule has 2 atom stereocenters. The van der Waals surface area contributed by atoms with E-state index in [0.29, 0.717) is 24.1 Å². The van der Waals surface area contributed by atoms with Crippen LogP contribution in [0.1, 0.15) is 43.4 Å². The van der Waals surface area contributed by atoms with Crippen molar-refractivity contribution in [3.8, 4) is 0 Å². The molecule has 0 bridgehead atoms. The molecule has 2 aromatic carbocycles. The first-order valence-corrected chi connectivity index (χ1v) is 9.10. The third-order valence-electron chi connectivity index (χ3n) is 5.22. The predicted molar refractivity (Wildman–Crippen MR) is 99.1 cm³/mol. The van der Waals surface area contributed by atoms with Crippen LogP contribution in [0.3, 0.4) is 0 Å². The summed E-state index contributed by atoms with van der Waals surface area (Å²) in [7, 11) is 0. The molecule has 1 saturated heterocycles. The molecule has 2 amide bonds. The standard InChI is InChI=1S/C21H22F2N2O3/c1-14(15-3-2-4-18(23)13-15)25-12-11-21(28-20(25)27,10-9-19(24)26)16-5-7-17(22)8-6-16/h2-8,13-14H,9-12H2,1H3,(H2,24,26)/t14-,21-/m0/s1. The van der Waals surface area contributed by atoms with Crippen LogP contribution in [-0.2, 0) is 15.1 Å². The molecule has 1 aliphatic rings. The molecule has 0 spiro atoms. The third-order valence-corrected chi connectivity index (χ3v) is 5.22. The monoisotopic (exact) mass is 388 g/mol. The number of amides is 2. The van der Waals surface area contributed by atoms with E-state index in [-0.39, 0.29) is 24.7 Å². The highest BCUT2D eigenvalue weighted by Crippen LogP contribution is 2.40. The number of benzene rings is 2. The van der Waals surface area contributed by atoms with Gasteiger partial charge in [-0.3, -0.25) is 4.79 Å². The maximum atomic E-state index is 13.5. The van der Waals surface area contributed by atoms with E-state index in [4.69, 9.17) is 10.5 Å². The highest BCUT2D eigenvalue weighted by Gasteiger charge is 2.43. The molecule has 5 nitrogen and oxygen atoms in total. The summed E-state index contributed by atoms with van der Waals surface area (Å²) in [5.74, 6) is -1.29. The van der Waals surface area contributed by atoms with Crippen molar-refractivity contribution in [2.75, 3.05) is 6.54 Å². The lowest BCUT2D eigenvalue weighted by atomic mass is 9.84. The van der Waals surface area contributed by atoms with E-state index in [1.54, 1.807) is 31.2 Å². The molecular formula is C21H22F2N2O3. The zero-order valence-corrected chi connectivity index (χ0v) is 15.5. The Kier molecular flexibility index (Phi) is 5.63. The van der Waals surface area contributed by atoms with Gasteiger partial charge >= 0.3 is 6.09 Å². The van der Waals surface area contributed by atoms with Crippen LogP contribution in [-0.4, -0.2) is 23.4 Å². The van der Waals surface area contributed by atoms with Gasteiger partial charge in [-0.05, 0) is 42.3 Å². The summed E-state index contributed by atoms with van der Waals surface area (Å²) >= 11 is 0. The SMILES string of the molecule is C[C@@H](c1cccc(F)c1)N1CC[C@@](CCC(N)=O)(c2ccc(F)cc2)OC1=O. The Balaban J connectivity index is 1.84. The van der Waals surface area contributed by atoms with Gasteiger partial charge in [-0.2, -0.15) is 0 Å². The van der Waals surface area contributed by atoms with Crippen molar-refractivity contribution < 1.29 is 23.1 Å². The quantitative estimate of drug-likeness (QED) is 0.812. The Labute approximate surface area is 162 Å². The van der Waals surface area contributed by atoms with Gasteiger partial charge in [0.1, 0.15) is 17.2 Å². The summed E-state index contributed by atoms with van der Waals surface area (Å²) in [6.07, 6.45) is 0.0698. The fraction of sp³-hybridized carbons (Fsp3) is 0.333. The van der Waals surface area contributed by atoms with E-state index in [2.05, 4.69) is 0 Å². The zero-order valence-electron chi connectivity index (χ0n) is 15.5. The normalized spacial score (nSPS) is 20.5. The van der Waals surface area contributed by atoms with E-state index in [0.717, 1.165) is 0 Å². The summed E-state index contributed by atoms with van der Waals surface area (Å²) in [6, 6.07) is 11.4. The van der Waals surface area contributed by atoms with Crippen LogP contribution in [0.4, 0.5) is 13.6 Å². The van der Waals surface area contributed by atoms with Gasteiger partial charge in [0.2, 0.25) is 5.91 Å².